The number of benzene rings is 2. The highest BCUT2D eigenvalue weighted by Gasteiger charge is 2.22. The van der Waals surface area contributed by atoms with Gasteiger partial charge in [-0.05, 0) is 24.0 Å². The van der Waals surface area contributed by atoms with Gasteiger partial charge in [0, 0.05) is 12.1 Å². The summed E-state index contributed by atoms with van der Waals surface area (Å²) in [6, 6.07) is 19.1. The minimum Gasteiger partial charge on any atom is -0.390 e. The maximum Gasteiger partial charge on any atom is 0.0848 e. The van der Waals surface area contributed by atoms with Crippen LogP contribution in [0.1, 0.15) is 11.1 Å². The Hall–Kier alpha value is -1.68. The van der Waals surface area contributed by atoms with Crippen molar-refractivity contribution in [3.05, 3.63) is 71.8 Å². The van der Waals surface area contributed by atoms with Gasteiger partial charge in [-0.1, -0.05) is 60.7 Å². The van der Waals surface area contributed by atoms with Gasteiger partial charge in [-0.3, -0.25) is 0 Å². The summed E-state index contributed by atoms with van der Waals surface area (Å²) < 4.78 is 0. The van der Waals surface area contributed by atoms with Gasteiger partial charge in [0.15, 0.2) is 0 Å². The van der Waals surface area contributed by atoms with E-state index in [-0.39, 0.29) is 12.1 Å². The van der Waals surface area contributed by atoms with E-state index >= 15 is 0 Å². The first-order valence-corrected chi connectivity index (χ1v) is 6.94. The molecule has 0 radical (unpaired) electrons. The highest BCUT2D eigenvalue weighted by atomic mass is 16.3. The average molecular weight is 270 g/mol. The van der Waals surface area contributed by atoms with Crippen molar-refractivity contribution < 1.29 is 5.11 Å². The van der Waals surface area contributed by atoms with Crippen molar-refractivity contribution in [2.75, 3.05) is 0 Å². The zero-order chi connectivity index (χ0) is 14.4. The van der Waals surface area contributed by atoms with Crippen LogP contribution in [0.2, 0.25) is 0 Å². The summed E-state index contributed by atoms with van der Waals surface area (Å²) in [6.07, 6.45) is 0.546. The van der Waals surface area contributed by atoms with Gasteiger partial charge in [0.05, 0.1) is 6.10 Å². The molecule has 3 nitrogen and oxygen atoms in total. The summed E-state index contributed by atoms with van der Waals surface area (Å²) in [6.45, 7) is 0. The maximum atomic E-state index is 10.3. The van der Waals surface area contributed by atoms with Crippen molar-refractivity contribution in [1.29, 1.82) is 0 Å². The SMILES string of the molecule is N[C@H](Cc1ccccc1)C(O)[C@@H](N)Cc1ccccc1. The van der Waals surface area contributed by atoms with Crippen LogP contribution in [0.15, 0.2) is 60.7 Å². The minimum absolute atomic E-state index is 0.351. The van der Waals surface area contributed by atoms with Crippen LogP contribution in [0.3, 0.4) is 0 Å². The molecule has 2 rings (SSSR count). The molecule has 2 aromatic rings. The van der Waals surface area contributed by atoms with E-state index in [0.29, 0.717) is 12.8 Å². The Morgan fingerprint density at radius 1 is 0.700 bits per heavy atom. The molecule has 0 aromatic heterocycles. The Morgan fingerprint density at radius 2 is 1.05 bits per heavy atom. The average Bonchev–Trinajstić information content (AvgIpc) is 2.48. The Bertz CT molecular complexity index is 453. The van der Waals surface area contributed by atoms with Crippen LogP contribution in [-0.2, 0) is 12.8 Å². The molecule has 3 heteroatoms. The van der Waals surface area contributed by atoms with Gasteiger partial charge in [0.1, 0.15) is 0 Å². The molecule has 5 N–H and O–H groups in total. The lowest BCUT2D eigenvalue weighted by atomic mass is 9.94. The first-order valence-electron chi connectivity index (χ1n) is 6.94. The molecule has 0 spiro atoms. The van der Waals surface area contributed by atoms with Gasteiger partial charge in [-0.2, -0.15) is 0 Å². The summed E-state index contributed by atoms with van der Waals surface area (Å²) in [7, 11) is 0. The molecule has 0 amide bonds. The maximum absolute atomic E-state index is 10.3. The van der Waals surface area contributed by atoms with Crippen LogP contribution in [0.25, 0.3) is 0 Å². The fourth-order valence-electron chi connectivity index (χ4n) is 2.33. The predicted octanol–water partition coefficient (Wildman–Crippen LogP) is 1.49. The molecule has 3 atom stereocenters. The van der Waals surface area contributed by atoms with E-state index < -0.39 is 6.10 Å². The molecular formula is C17H22N2O. The Labute approximate surface area is 120 Å². The molecule has 0 bridgehead atoms. The third-order valence-corrected chi connectivity index (χ3v) is 3.51. The molecule has 0 fully saturated rings. The molecule has 20 heavy (non-hydrogen) atoms. The van der Waals surface area contributed by atoms with Gasteiger partial charge in [-0.25, -0.2) is 0 Å². The molecule has 0 saturated carbocycles. The quantitative estimate of drug-likeness (QED) is 0.744. The summed E-state index contributed by atoms with van der Waals surface area (Å²) in [4.78, 5) is 0. The van der Waals surface area contributed by atoms with Crippen LogP contribution in [0, 0.1) is 0 Å². The highest BCUT2D eigenvalue weighted by molar-refractivity contribution is 5.18. The van der Waals surface area contributed by atoms with Gasteiger partial charge < -0.3 is 16.6 Å². The molecule has 0 saturated heterocycles. The van der Waals surface area contributed by atoms with Gasteiger partial charge in [0.2, 0.25) is 0 Å². The second-order valence-corrected chi connectivity index (χ2v) is 5.20. The van der Waals surface area contributed by atoms with Crippen LogP contribution in [0.5, 0.6) is 0 Å². The van der Waals surface area contributed by atoms with E-state index in [1.165, 1.54) is 0 Å². The summed E-state index contributed by atoms with van der Waals surface area (Å²) in [5, 5.41) is 10.3. The molecule has 0 aliphatic heterocycles. The van der Waals surface area contributed by atoms with Crippen molar-refractivity contribution >= 4 is 0 Å². The predicted molar refractivity (Wildman–Crippen MR) is 82.2 cm³/mol. The first kappa shape index (κ1) is 14.7. The molecule has 1 unspecified atom stereocenters. The third kappa shape index (κ3) is 4.17. The molecule has 0 heterocycles. The zero-order valence-corrected chi connectivity index (χ0v) is 11.5. The second-order valence-electron chi connectivity index (χ2n) is 5.20. The van der Waals surface area contributed by atoms with E-state index in [0.717, 1.165) is 11.1 Å². The number of aliphatic hydroxyl groups is 1. The van der Waals surface area contributed by atoms with E-state index in [1.807, 2.05) is 60.7 Å². The number of aliphatic hydroxyl groups excluding tert-OH is 1. The van der Waals surface area contributed by atoms with Crippen molar-refractivity contribution in [3.63, 3.8) is 0 Å². The number of nitrogens with two attached hydrogens (primary N) is 2. The van der Waals surface area contributed by atoms with E-state index in [1.54, 1.807) is 0 Å². The van der Waals surface area contributed by atoms with Crippen LogP contribution in [0.4, 0.5) is 0 Å². The van der Waals surface area contributed by atoms with Crippen molar-refractivity contribution in [3.8, 4) is 0 Å². The fraction of sp³-hybridized carbons (Fsp3) is 0.294. The van der Waals surface area contributed by atoms with E-state index in [9.17, 15) is 5.11 Å². The third-order valence-electron chi connectivity index (χ3n) is 3.51. The molecule has 0 aliphatic rings. The van der Waals surface area contributed by atoms with Gasteiger partial charge in [-0.15, -0.1) is 0 Å². The standard InChI is InChI=1S/C17H22N2O/c18-15(11-13-7-3-1-4-8-13)17(20)16(19)12-14-9-5-2-6-10-14/h1-10,15-17,20H,11-12,18-19H2/t15-,16+,17?. The number of hydrogen-bond acceptors (Lipinski definition) is 3. The van der Waals surface area contributed by atoms with Crippen LogP contribution < -0.4 is 11.5 Å². The fourth-order valence-corrected chi connectivity index (χ4v) is 2.33. The molecular weight excluding hydrogens is 248 g/mol. The number of hydrogen-bond donors (Lipinski definition) is 3. The Balaban J connectivity index is 1.91. The Kier molecular flexibility index (Phi) is 5.30. The zero-order valence-electron chi connectivity index (χ0n) is 11.5. The molecule has 106 valence electrons. The lowest BCUT2D eigenvalue weighted by molar-refractivity contribution is 0.116. The van der Waals surface area contributed by atoms with Crippen molar-refractivity contribution in [2.24, 2.45) is 11.5 Å². The summed E-state index contributed by atoms with van der Waals surface area (Å²) >= 11 is 0. The highest BCUT2D eigenvalue weighted by Crippen LogP contribution is 2.10. The topological polar surface area (TPSA) is 72.3 Å². The van der Waals surface area contributed by atoms with Crippen molar-refractivity contribution in [1.82, 2.24) is 0 Å². The van der Waals surface area contributed by atoms with E-state index in [4.69, 9.17) is 11.5 Å². The number of rotatable bonds is 6. The monoisotopic (exact) mass is 270 g/mol. The summed E-state index contributed by atoms with van der Waals surface area (Å²) in [5.41, 5.74) is 14.4. The van der Waals surface area contributed by atoms with Gasteiger partial charge in [0.25, 0.3) is 0 Å². The smallest absolute Gasteiger partial charge is 0.0848 e. The van der Waals surface area contributed by atoms with E-state index in [2.05, 4.69) is 0 Å². The van der Waals surface area contributed by atoms with Gasteiger partial charge >= 0.3 is 0 Å². The minimum atomic E-state index is -0.713. The lowest BCUT2D eigenvalue weighted by Gasteiger charge is -2.25. The van der Waals surface area contributed by atoms with Crippen LogP contribution in [-0.4, -0.2) is 23.3 Å². The Morgan fingerprint density at radius 3 is 1.40 bits per heavy atom. The lowest BCUT2D eigenvalue weighted by Crippen LogP contribution is -2.49. The molecule has 2 aromatic carbocycles. The molecule has 0 aliphatic carbocycles. The summed E-state index contributed by atoms with van der Waals surface area (Å²) in [5.74, 6) is 0. The second kappa shape index (κ2) is 7.20. The van der Waals surface area contributed by atoms with Crippen molar-refractivity contribution in [2.45, 2.75) is 31.0 Å². The first-order chi connectivity index (χ1) is 9.66. The van der Waals surface area contributed by atoms with Crippen LogP contribution >= 0.6 is 0 Å². The largest absolute Gasteiger partial charge is 0.390 e. The normalized spacial score (nSPS) is 15.6.